The van der Waals surface area contributed by atoms with Crippen molar-refractivity contribution >= 4 is 44.9 Å². The maximum absolute atomic E-state index is 12.5. The normalized spacial score (nSPS) is 12.3. The molecule has 1 aromatic carbocycles. The first kappa shape index (κ1) is 16.0. The number of benzene rings is 1. The maximum atomic E-state index is 12.5. The van der Waals surface area contributed by atoms with Crippen LogP contribution in [0, 0.1) is 13.8 Å². The van der Waals surface area contributed by atoms with Crippen molar-refractivity contribution in [3.63, 3.8) is 0 Å². The zero-order valence-corrected chi connectivity index (χ0v) is 14.8. The van der Waals surface area contributed by atoms with Crippen LogP contribution in [0.3, 0.4) is 0 Å². The van der Waals surface area contributed by atoms with Gasteiger partial charge in [0.05, 0.1) is 5.25 Å². The number of carbonyl (C=O) groups excluding carboxylic acids is 1. The molecule has 1 N–H and O–H groups in total. The highest BCUT2D eigenvalue weighted by Crippen LogP contribution is 2.30. The molecule has 4 nitrogen and oxygen atoms in total. The van der Waals surface area contributed by atoms with Gasteiger partial charge in [0.15, 0.2) is 0 Å². The van der Waals surface area contributed by atoms with Gasteiger partial charge in [0.1, 0.15) is 16.2 Å². The lowest BCUT2D eigenvalue weighted by Crippen LogP contribution is -2.23. The number of aryl methyl sites for hydroxylation is 2. The van der Waals surface area contributed by atoms with E-state index < -0.39 is 0 Å². The molecule has 0 bridgehead atoms. The summed E-state index contributed by atoms with van der Waals surface area (Å²) < 4.78 is 0. The van der Waals surface area contributed by atoms with Gasteiger partial charge in [0.25, 0.3) is 0 Å². The lowest BCUT2D eigenvalue weighted by Gasteiger charge is -2.13. The summed E-state index contributed by atoms with van der Waals surface area (Å²) in [7, 11) is 0. The van der Waals surface area contributed by atoms with E-state index in [4.69, 9.17) is 0 Å². The van der Waals surface area contributed by atoms with Crippen molar-refractivity contribution in [2.75, 3.05) is 5.32 Å². The number of nitrogens with one attached hydrogen (secondary N) is 1. The predicted molar refractivity (Wildman–Crippen MR) is 97.3 cm³/mol. The van der Waals surface area contributed by atoms with Crippen molar-refractivity contribution in [3.05, 3.63) is 47.1 Å². The zero-order valence-electron chi connectivity index (χ0n) is 13.2. The molecule has 0 saturated carbocycles. The number of thioether (sulfide) groups is 1. The molecule has 6 heteroatoms. The van der Waals surface area contributed by atoms with E-state index in [1.54, 1.807) is 17.7 Å². The van der Waals surface area contributed by atoms with Gasteiger partial charge in [0, 0.05) is 11.1 Å². The number of hydrogen-bond donors (Lipinski definition) is 1. The van der Waals surface area contributed by atoms with Crippen LogP contribution in [0.25, 0.3) is 10.2 Å². The van der Waals surface area contributed by atoms with Crippen molar-refractivity contribution in [2.45, 2.75) is 31.0 Å². The third-order valence-corrected chi connectivity index (χ3v) is 5.46. The SMILES string of the molecule is Cc1ccc(NC(=O)[C@@H](C)Sc2ncnc3sccc23)c(C)c1. The molecule has 0 aliphatic carbocycles. The Morgan fingerprint density at radius 3 is 2.87 bits per heavy atom. The summed E-state index contributed by atoms with van der Waals surface area (Å²) in [6.07, 6.45) is 1.55. The van der Waals surface area contributed by atoms with Gasteiger partial charge in [-0.1, -0.05) is 29.5 Å². The largest absolute Gasteiger partial charge is 0.325 e. The third-order valence-electron chi connectivity index (χ3n) is 3.52. The predicted octanol–water partition coefficient (Wildman–Crippen LogP) is 4.43. The lowest BCUT2D eigenvalue weighted by atomic mass is 10.1. The van der Waals surface area contributed by atoms with Crippen molar-refractivity contribution in [1.82, 2.24) is 9.97 Å². The Balaban J connectivity index is 1.74. The topological polar surface area (TPSA) is 54.9 Å². The van der Waals surface area contributed by atoms with Crippen molar-refractivity contribution in [3.8, 4) is 0 Å². The van der Waals surface area contributed by atoms with Gasteiger partial charge in [-0.15, -0.1) is 11.3 Å². The summed E-state index contributed by atoms with van der Waals surface area (Å²) in [5.41, 5.74) is 3.11. The number of anilines is 1. The van der Waals surface area contributed by atoms with Crippen LogP contribution in [0.2, 0.25) is 0 Å². The molecule has 0 aliphatic rings. The molecule has 1 atom stereocenters. The Labute approximate surface area is 143 Å². The maximum Gasteiger partial charge on any atom is 0.237 e. The molecule has 2 aromatic heterocycles. The van der Waals surface area contributed by atoms with Crippen LogP contribution in [0.15, 0.2) is 41.0 Å². The van der Waals surface area contributed by atoms with E-state index in [0.717, 1.165) is 26.5 Å². The quantitative estimate of drug-likeness (QED) is 0.562. The minimum absolute atomic E-state index is 0.0241. The second-order valence-electron chi connectivity index (χ2n) is 5.39. The van der Waals surface area contributed by atoms with Gasteiger partial charge in [-0.2, -0.15) is 0 Å². The first-order chi connectivity index (χ1) is 11.0. The average molecular weight is 343 g/mol. The van der Waals surface area contributed by atoms with Gasteiger partial charge in [-0.25, -0.2) is 9.97 Å². The van der Waals surface area contributed by atoms with Crippen LogP contribution >= 0.6 is 23.1 Å². The molecule has 0 unspecified atom stereocenters. The lowest BCUT2D eigenvalue weighted by molar-refractivity contribution is -0.115. The summed E-state index contributed by atoms with van der Waals surface area (Å²) in [4.78, 5) is 22.0. The summed E-state index contributed by atoms with van der Waals surface area (Å²) in [5.74, 6) is -0.0241. The van der Waals surface area contributed by atoms with Crippen molar-refractivity contribution in [2.24, 2.45) is 0 Å². The molecular weight excluding hydrogens is 326 g/mol. The van der Waals surface area contributed by atoms with Crippen LogP contribution in [0.1, 0.15) is 18.1 Å². The molecule has 2 heterocycles. The summed E-state index contributed by atoms with van der Waals surface area (Å²) >= 11 is 3.04. The molecule has 3 aromatic rings. The molecule has 0 aliphatic heterocycles. The number of amides is 1. The Kier molecular flexibility index (Phi) is 4.63. The second kappa shape index (κ2) is 6.68. The summed E-state index contributed by atoms with van der Waals surface area (Å²) in [6, 6.07) is 8.01. The molecule has 0 saturated heterocycles. The fourth-order valence-corrected chi connectivity index (χ4v) is 3.97. The van der Waals surface area contributed by atoms with E-state index in [1.807, 2.05) is 44.4 Å². The Morgan fingerprint density at radius 1 is 1.26 bits per heavy atom. The molecule has 23 heavy (non-hydrogen) atoms. The van der Waals surface area contributed by atoms with E-state index in [9.17, 15) is 4.79 Å². The van der Waals surface area contributed by atoms with Gasteiger partial charge >= 0.3 is 0 Å². The number of rotatable bonds is 4. The van der Waals surface area contributed by atoms with Crippen LogP contribution in [-0.4, -0.2) is 21.1 Å². The molecule has 0 spiro atoms. The van der Waals surface area contributed by atoms with E-state index in [0.29, 0.717) is 0 Å². The number of nitrogens with zero attached hydrogens (tertiary/aromatic N) is 2. The summed E-state index contributed by atoms with van der Waals surface area (Å²) in [5, 5.41) is 6.60. The molecule has 118 valence electrons. The van der Waals surface area contributed by atoms with Crippen molar-refractivity contribution in [1.29, 1.82) is 0 Å². The number of thiophene rings is 1. The standard InChI is InChI=1S/C17H17N3OS2/c1-10-4-5-14(11(2)8-10)20-15(21)12(3)23-17-13-6-7-22-16(13)18-9-19-17/h4-9,12H,1-3H3,(H,20,21)/t12-/m1/s1. The molecule has 0 fully saturated rings. The summed E-state index contributed by atoms with van der Waals surface area (Å²) in [6.45, 7) is 5.93. The minimum atomic E-state index is -0.242. The second-order valence-corrected chi connectivity index (χ2v) is 7.61. The molecule has 0 radical (unpaired) electrons. The van der Waals surface area contributed by atoms with Gasteiger partial charge in [-0.05, 0) is 43.8 Å². The van der Waals surface area contributed by atoms with E-state index in [1.165, 1.54) is 17.3 Å². The monoisotopic (exact) mass is 343 g/mol. The van der Waals surface area contributed by atoms with E-state index in [-0.39, 0.29) is 11.2 Å². The minimum Gasteiger partial charge on any atom is -0.325 e. The highest BCUT2D eigenvalue weighted by atomic mass is 32.2. The fraction of sp³-hybridized carbons (Fsp3) is 0.235. The Morgan fingerprint density at radius 2 is 2.09 bits per heavy atom. The van der Waals surface area contributed by atoms with Crippen molar-refractivity contribution < 1.29 is 4.79 Å². The third kappa shape index (κ3) is 3.54. The fourth-order valence-electron chi connectivity index (χ4n) is 2.27. The van der Waals surface area contributed by atoms with Gasteiger partial charge < -0.3 is 5.32 Å². The molecule has 3 rings (SSSR count). The average Bonchev–Trinajstić information content (AvgIpc) is 2.99. The van der Waals surface area contributed by atoms with Gasteiger partial charge in [-0.3, -0.25) is 4.79 Å². The van der Waals surface area contributed by atoms with Crippen LogP contribution in [0.4, 0.5) is 5.69 Å². The first-order valence-corrected chi connectivity index (χ1v) is 9.03. The number of fused-ring (bicyclic) bond motifs is 1. The number of aromatic nitrogens is 2. The zero-order chi connectivity index (χ0) is 16.4. The number of hydrogen-bond acceptors (Lipinski definition) is 5. The van der Waals surface area contributed by atoms with Gasteiger partial charge in [0.2, 0.25) is 5.91 Å². The molecular formula is C17H17N3OS2. The van der Waals surface area contributed by atoms with E-state index in [2.05, 4.69) is 21.4 Å². The first-order valence-electron chi connectivity index (χ1n) is 7.27. The van der Waals surface area contributed by atoms with Crippen LogP contribution < -0.4 is 5.32 Å². The Bertz CT molecular complexity index is 860. The Hall–Kier alpha value is -1.92. The van der Waals surface area contributed by atoms with E-state index >= 15 is 0 Å². The number of carbonyl (C=O) groups is 1. The molecule has 1 amide bonds. The smallest absolute Gasteiger partial charge is 0.237 e. The highest BCUT2D eigenvalue weighted by molar-refractivity contribution is 8.00. The van der Waals surface area contributed by atoms with Crippen LogP contribution in [0.5, 0.6) is 0 Å². The highest BCUT2D eigenvalue weighted by Gasteiger charge is 2.18. The van der Waals surface area contributed by atoms with Crippen LogP contribution in [-0.2, 0) is 4.79 Å².